The molecule has 0 nitrogen and oxygen atoms in total. The van der Waals surface area contributed by atoms with Crippen LogP contribution in [0.4, 0.5) is 8.78 Å². The maximum Gasteiger partial charge on any atom is 0.129 e. The standard InChI is InChI=1S/C28H40F2/c1-3-4-5-6-20-7-9-21(10-8-20)22-11-12-24-16-25(14-13-23(24)15-22)26-17-27(29)19(2)28(30)18-26/h3-4,17-18,20-25H,5-16H2,1-2H3/b4-3+. The van der Waals surface area contributed by atoms with Gasteiger partial charge < -0.3 is 0 Å². The van der Waals surface area contributed by atoms with Crippen LogP contribution in [0.3, 0.4) is 0 Å². The molecule has 3 aliphatic rings. The molecule has 0 heterocycles. The molecule has 0 N–H and O–H groups in total. The van der Waals surface area contributed by atoms with Crippen molar-refractivity contribution in [3.8, 4) is 0 Å². The van der Waals surface area contributed by atoms with Crippen molar-refractivity contribution >= 4 is 0 Å². The van der Waals surface area contributed by atoms with Crippen LogP contribution < -0.4 is 0 Å². The Morgan fingerprint density at radius 2 is 1.37 bits per heavy atom. The van der Waals surface area contributed by atoms with Crippen LogP contribution in [0, 0.1) is 48.1 Å². The zero-order valence-corrected chi connectivity index (χ0v) is 19.0. The van der Waals surface area contributed by atoms with Crippen molar-refractivity contribution in [1.29, 1.82) is 0 Å². The number of fused-ring (bicyclic) bond motifs is 1. The Kier molecular flexibility index (Phi) is 7.32. The van der Waals surface area contributed by atoms with Crippen LogP contribution in [0.2, 0.25) is 0 Å². The summed E-state index contributed by atoms with van der Waals surface area (Å²) in [6, 6.07) is 3.20. The van der Waals surface area contributed by atoms with Crippen molar-refractivity contribution in [3.63, 3.8) is 0 Å². The van der Waals surface area contributed by atoms with Gasteiger partial charge in [-0.1, -0.05) is 25.0 Å². The molecular weight excluding hydrogens is 374 g/mol. The minimum Gasteiger partial charge on any atom is -0.207 e. The van der Waals surface area contributed by atoms with Gasteiger partial charge in [0.1, 0.15) is 11.6 Å². The van der Waals surface area contributed by atoms with Crippen molar-refractivity contribution in [2.24, 2.45) is 29.6 Å². The Bertz CT molecular complexity index is 705. The predicted molar refractivity (Wildman–Crippen MR) is 122 cm³/mol. The fraction of sp³-hybridized carbons (Fsp3) is 0.714. The lowest BCUT2D eigenvalue weighted by Gasteiger charge is -2.45. The van der Waals surface area contributed by atoms with E-state index < -0.39 is 0 Å². The third-order valence-electron chi connectivity index (χ3n) is 8.96. The molecule has 3 fully saturated rings. The summed E-state index contributed by atoms with van der Waals surface area (Å²) >= 11 is 0. The Labute approximate surface area is 182 Å². The summed E-state index contributed by atoms with van der Waals surface area (Å²) < 4.78 is 28.1. The molecule has 3 aliphatic carbocycles. The first-order valence-corrected chi connectivity index (χ1v) is 12.6. The van der Waals surface area contributed by atoms with E-state index in [2.05, 4.69) is 19.1 Å². The monoisotopic (exact) mass is 414 g/mol. The molecule has 0 saturated heterocycles. The fourth-order valence-corrected chi connectivity index (χ4v) is 7.00. The third-order valence-corrected chi connectivity index (χ3v) is 8.96. The van der Waals surface area contributed by atoms with Gasteiger partial charge in [0.2, 0.25) is 0 Å². The molecule has 0 spiro atoms. The second kappa shape index (κ2) is 9.96. The first-order chi connectivity index (χ1) is 14.5. The molecule has 1 aromatic carbocycles. The maximum atomic E-state index is 14.1. The molecule has 166 valence electrons. The molecular formula is C28H40F2. The van der Waals surface area contributed by atoms with E-state index in [9.17, 15) is 8.78 Å². The van der Waals surface area contributed by atoms with Crippen LogP contribution in [0.25, 0.3) is 0 Å². The van der Waals surface area contributed by atoms with Gasteiger partial charge in [-0.2, -0.15) is 0 Å². The SMILES string of the molecule is C/C=C/CCC1CCC(C2CCC3CC(c4cc(F)c(C)c(F)c4)CCC3C2)CC1. The number of hydrogen-bond acceptors (Lipinski definition) is 0. The van der Waals surface area contributed by atoms with Crippen molar-refractivity contribution in [2.45, 2.75) is 96.8 Å². The van der Waals surface area contributed by atoms with Crippen LogP contribution in [0.1, 0.15) is 101 Å². The van der Waals surface area contributed by atoms with Gasteiger partial charge in [0, 0.05) is 5.56 Å². The van der Waals surface area contributed by atoms with Crippen LogP contribution in [0.5, 0.6) is 0 Å². The maximum absolute atomic E-state index is 14.1. The van der Waals surface area contributed by atoms with Gasteiger partial charge >= 0.3 is 0 Å². The number of hydrogen-bond donors (Lipinski definition) is 0. The molecule has 0 aliphatic heterocycles. The Balaban J connectivity index is 1.28. The summed E-state index contributed by atoms with van der Waals surface area (Å²) in [5, 5.41) is 0. The highest BCUT2D eigenvalue weighted by Gasteiger charge is 2.39. The molecule has 1 aromatic rings. The van der Waals surface area contributed by atoms with Gasteiger partial charge in [-0.05, 0) is 131 Å². The summed E-state index contributed by atoms with van der Waals surface area (Å²) in [5.41, 5.74) is 1.05. The molecule has 0 aromatic heterocycles. The molecule has 4 unspecified atom stereocenters. The van der Waals surface area contributed by atoms with Gasteiger partial charge in [-0.15, -0.1) is 0 Å². The molecule has 30 heavy (non-hydrogen) atoms. The topological polar surface area (TPSA) is 0 Å². The van der Waals surface area contributed by atoms with Crippen LogP contribution in [-0.4, -0.2) is 0 Å². The molecule has 0 bridgehead atoms. The highest BCUT2D eigenvalue weighted by atomic mass is 19.1. The van der Waals surface area contributed by atoms with Gasteiger partial charge in [0.25, 0.3) is 0 Å². The second-order valence-electron chi connectivity index (χ2n) is 10.6. The van der Waals surface area contributed by atoms with Crippen LogP contribution in [-0.2, 0) is 0 Å². The van der Waals surface area contributed by atoms with E-state index in [-0.39, 0.29) is 17.2 Å². The smallest absolute Gasteiger partial charge is 0.129 e. The molecule has 4 rings (SSSR count). The number of rotatable bonds is 5. The molecule has 4 atom stereocenters. The van der Waals surface area contributed by atoms with Gasteiger partial charge in [0.15, 0.2) is 0 Å². The van der Waals surface area contributed by atoms with Gasteiger partial charge in [-0.25, -0.2) is 8.78 Å². The van der Waals surface area contributed by atoms with Crippen LogP contribution in [0.15, 0.2) is 24.3 Å². The zero-order valence-electron chi connectivity index (χ0n) is 19.0. The van der Waals surface area contributed by atoms with Gasteiger partial charge in [-0.3, -0.25) is 0 Å². The number of halogens is 2. The number of allylic oxidation sites excluding steroid dienone is 2. The third kappa shape index (κ3) is 5.00. The van der Waals surface area contributed by atoms with Crippen molar-refractivity contribution in [2.75, 3.05) is 0 Å². The van der Waals surface area contributed by atoms with E-state index in [1.54, 1.807) is 12.1 Å². The fourth-order valence-electron chi connectivity index (χ4n) is 7.00. The Hall–Kier alpha value is -1.18. The minimum atomic E-state index is -0.378. The molecule has 3 saturated carbocycles. The summed E-state index contributed by atoms with van der Waals surface area (Å²) in [4.78, 5) is 0. The molecule has 2 heteroatoms. The summed E-state index contributed by atoms with van der Waals surface area (Å²) in [7, 11) is 0. The Morgan fingerprint density at radius 3 is 2.03 bits per heavy atom. The van der Waals surface area contributed by atoms with E-state index in [0.717, 1.165) is 48.0 Å². The Morgan fingerprint density at radius 1 is 0.800 bits per heavy atom. The normalized spacial score (nSPS) is 34.8. The van der Waals surface area contributed by atoms with Crippen molar-refractivity contribution in [1.82, 2.24) is 0 Å². The highest BCUT2D eigenvalue weighted by Crippen LogP contribution is 2.51. The molecule has 0 amide bonds. The van der Waals surface area contributed by atoms with E-state index in [1.807, 2.05) is 0 Å². The minimum absolute atomic E-state index is 0.157. The quantitative estimate of drug-likeness (QED) is 0.422. The lowest BCUT2D eigenvalue weighted by Crippen LogP contribution is -2.34. The first kappa shape index (κ1) is 22.0. The largest absolute Gasteiger partial charge is 0.207 e. The van der Waals surface area contributed by atoms with E-state index in [1.165, 1.54) is 71.1 Å². The molecule has 0 radical (unpaired) electrons. The summed E-state index contributed by atoms with van der Waals surface area (Å²) in [5.74, 6) is 4.07. The van der Waals surface area contributed by atoms with Crippen molar-refractivity contribution in [3.05, 3.63) is 47.0 Å². The van der Waals surface area contributed by atoms with E-state index in [0.29, 0.717) is 5.92 Å². The lowest BCUT2D eigenvalue weighted by atomic mass is 9.60. The average Bonchev–Trinajstić information content (AvgIpc) is 2.77. The second-order valence-corrected chi connectivity index (χ2v) is 10.6. The van der Waals surface area contributed by atoms with Crippen molar-refractivity contribution < 1.29 is 8.78 Å². The van der Waals surface area contributed by atoms with Crippen LogP contribution >= 0.6 is 0 Å². The summed E-state index contributed by atoms with van der Waals surface area (Å²) in [6.45, 7) is 3.65. The highest BCUT2D eigenvalue weighted by molar-refractivity contribution is 5.28. The average molecular weight is 415 g/mol. The van der Waals surface area contributed by atoms with E-state index in [4.69, 9.17) is 0 Å². The number of benzene rings is 1. The van der Waals surface area contributed by atoms with Gasteiger partial charge in [0.05, 0.1) is 0 Å². The first-order valence-electron chi connectivity index (χ1n) is 12.6. The predicted octanol–water partition coefficient (Wildman–Crippen LogP) is 8.74. The van der Waals surface area contributed by atoms with E-state index >= 15 is 0 Å². The zero-order chi connectivity index (χ0) is 21.1. The lowest BCUT2D eigenvalue weighted by molar-refractivity contribution is 0.0712. The summed E-state index contributed by atoms with van der Waals surface area (Å²) in [6.07, 6.45) is 20.6.